The second kappa shape index (κ2) is 11.7. The first-order chi connectivity index (χ1) is 16.6. The molecule has 0 radical (unpaired) electrons. The number of alkyl carbamates (subject to hydrolysis) is 1. The molecule has 1 heterocycles. The van der Waals surface area contributed by atoms with Gasteiger partial charge in [-0.25, -0.2) is 9.79 Å². The fourth-order valence-electron chi connectivity index (χ4n) is 4.45. The van der Waals surface area contributed by atoms with Crippen molar-refractivity contribution >= 4 is 23.6 Å². The summed E-state index contributed by atoms with van der Waals surface area (Å²) < 4.78 is 50.2. The molecular formula is C24H33F3N4O4. The number of aliphatic imine (C=N–C) groups is 1. The number of hydrogen-bond acceptors (Lipinski definition) is 5. The molecular weight excluding hydrogens is 465 g/mol. The van der Waals surface area contributed by atoms with Gasteiger partial charge < -0.3 is 20.1 Å². The normalized spacial score (nSPS) is 27.3. The average molecular weight is 499 g/mol. The van der Waals surface area contributed by atoms with Gasteiger partial charge in [0.1, 0.15) is 0 Å². The van der Waals surface area contributed by atoms with Gasteiger partial charge >= 0.3 is 12.3 Å². The number of anilines is 1. The molecule has 1 aliphatic heterocycles. The predicted molar refractivity (Wildman–Crippen MR) is 125 cm³/mol. The summed E-state index contributed by atoms with van der Waals surface area (Å²) in [5.74, 6) is -2.04. The van der Waals surface area contributed by atoms with E-state index in [0.29, 0.717) is 38.0 Å². The zero-order chi connectivity index (χ0) is 25.6. The number of amides is 2. The van der Waals surface area contributed by atoms with Gasteiger partial charge in [-0.1, -0.05) is 18.2 Å². The molecule has 8 nitrogen and oxygen atoms in total. The zero-order valence-corrected chi connectivity index (χ0v) is 20.2. The predicted octanol–water partition coefficient (Wildman–Crippen LogP) is 4.29. The third-order valence-electron chi connectivity index (χ3n) is 6.24. The number of carbonyl (C=O) groups excluding carboxylic acids is 2. The lowest BCUT2D eigenvalue weighted by molar-refractivity contribution is -0.222. The van der Waals surface area contributed by atoms with Crippen LogP contribution in [0.3, 0.4) is 0 Å². The number of nitrogens with one attached hydrogen (secondary N) is 3. The lowest BCUT2D eigenvalue weighted by Gasteiger charge is -2.27. The molecule has 1 aromatic carbocycles. The molecule has 3 atom stereocenters. The molecule has 35 heavy (non-hydrogen) atoms. The van der Waals surface area contributed by atoms with Crippen LogP contribution in [-0.4, -0.2) is 55.0 Å². The van der Waals surface area contributed by atoms with Crippen LogP contribution in [0.5, 0.6) is 0 Å². The SMILES string of the molecule is CCOC(=O)NC1CCC(N=C(NC(=O)C2CC(C)OC2C(F)(F)F)Nc2ccccc2C)CC1. The molecule has 1 aromatic rings. The number of aryl methyl sites for hydroxylation is 1. The number of ether oxygens (including phenoxy) is 2. The Kier molecular flexibility index (Phi) is 8.98. The number of benzene rings is 1. The second-order valence-corrected chi connectivity index (χ2v) is 9.03. The van der Waals surface area contributed by atoms with Gasteiger partial charge in [0.25, 0.3) is 0 Å². The maximum absolute atomic E-state index is 13.4. The molecule has 3 N–H and O–H groups in total. The molecule has 1 aliphatic carbocycles. The summed E-state index contributed by atoms with van der Waals surface area (Å²) in [6.45, 7) is 5.42. The molecule has 11 heteroatoms. The van der Waals surface area contributed by atoms with Crippen molar-refractivity contribution in [2.45, 2.75) is 83.3 Å². The Morgan fingerprint density at radius 2 is 1.86 bits per heavy atom. The van der Waals surface area contributed by atoms with E-state index in [9.17, 15) is 22.8 Å². The van der Waals surface area contributed by atoms with Gasteiger partial charge in [0.05, 0.1) is 24.7 Å². The summed E-state index contributed by atoms with van der Waals surface area (Å²) in [4.78, 5) is 29.2. The van der Waals surface area contributed by atoms with Crippen molar-refractivity contribution in [2.24, 2.45) is 10.9 Å². The van der Waals surface area contributed by atoms with Crippen LogP contribution in [0, 0.1) is 12.8 Å². The number of halogens is 3. The fraction of sp³-hybridized carbons (Fsp3) is 0.625. The van der Waals surface area contributed by atoms with Crippen LogP contribution in [0.1, 0.15) is 51.5 Å². The first-order valence-electron chi connectivity index (χ1n) is 11.9. The summed E-state index contributed by atoms with van der Waals surface area (Å²) in [7, 11) is 0. The Morgan fingerprint density at radius 3 is 2.49 bits per heavy atom. The molecule has 3 rings (SSSR count). The summed E-state index contributed by atoms with van der Waals surface area (Å²) in [6, 6.07) is 7.15. The average Bonchev–Trinajstić information content (AvgIpc) is 3.19. The Bertz CT molecular complexity index is 916. The Morgan fingerprint density at radius 1 is 1.17 bits per heavy atom. The summed E-state index contributed by atoms with van der Waals surface area (Å²) in [6.07, 6.45) is -5.34. The smallest absolute Gasteiger partial charge is 0.415 e. The maximum atomic E-state index is 13.4. The van der Waals surface area contributed by atoms with Crippen molar-refractivity contribution < 1.29 is 32.2 Å². The highest BCUT2D eigenvalue weighted by Crippen LogP contribution is 2.37. The highest BCUT2D eigenvalue weighted by Gasteiger charge is 2.53. The van der Waals surface area contributed by atoms with Crippen LogP contribution < -0.4 is 16.0 Å². The number of rotatable bonds is 5. The third-order valence-corrected chi connectivity index (χ3v) is 6.24. The molecule has 3 unspecified atom stereocenters. The van der Waals surface area contributed by atoms with Gasteiger partial charge in [-0.2, -0.15) is 13.2 Å². The minimum absolute atomic E-state index is 0.0295. The Hall–Kier alpha value is -2.82. The molecule has 2 fully saturated rings. The molecule has 0 bridgehead atoms. The van der Waals surface area contributed by atoms with Crippen LogP contribution in [0.4, 0.5) is 23.7 Å². The summed E-state index contributed by atoms with van der Waals surface area (Å²) >= 11 is 0. The van der Waals surface area contributed by atoms with Crippen molar-refractivity contribution in [1.29, 1.82) is 0 Å². The lowest BCUT2D eigenvalue weighted by Crippen LogP contribution is -2.46. The molecule has 1 saturated heterocycles. The first kappa shape index (κ1) is 26.8. The first-order valence-corrected chi connectivity index (χ1v) is 11.9. The van der Waals surface area contributed by atoms with E-state index in [4.69, 9.17) is 9.47 Å². The van der Waals surface area contributed by atoms with E-state index in [1.165, 1.54) is 6.92 Å². The number of para-hydroxylation sites is 1. The highest BCUT2D eigenvalue weighted by molar-refractivity contribution is 6.05. The molecule has 0 spiro atoms. The van der Waals surface area contributed by atoms with Gasteiger partial charge in [0, 0.05) is 11.7 Å². The highest BCUT2D eigenvalue weighted by atomic mass is 19.4. The van der Waals surface area contributed by atoms with Crippen molar-refractivity contribution in [1.82, 2.24) is 10.6 Å². The summed E-state index contributed by atoms with van der Waals surface area (Å²) in [5, 5.41) is 8.49. The molecule has 0 aromatic heterocycles. The van der Waals surface area contributed by atoms with Crippen molar-refractivity contribution in [3.05, 3.63) is 29.8 Å². The third kappa shape index (κ3) is 7.58. The topological polar surface area (TPSA) is 101 Å². The van der Waals surface area contributed by atoms with Crippen LogP contribution in [0.25, 0.3) is 0 Å². The van der Waals surface area contributed by atoms with E-state index in [2.05, 4.69) is 20.9 Å². The number of nitrogens with zero attached hydrogens (tertiary/aromatic N) is 1. The van der Waals surface area contributed by atoms with E-state index in [1.54, 1.807) is 13.0 Å². The maximum Gasteiger partial charge on any atom is 0.415 e. The minimum atomic E-state index is -4.64. The van der Waals surface area contributed by atoms with E-state index in [0.717, 1.165) is 5.56 Å². The van der Waals surface area contributed by atoms with Gasteiger partial charge in [0.15, 0.2) is 6.10 Å². The number of hydrogen-bond donors (Lipinski definition) is 3. The number of guanidine groups is 1. The Balaban J connectivity index is 1.72. The van der Waals surface area contributed by atoms with E-state index in [1.807, 2.05) is 25.1 Å². The van der Waals surface area contributed by atoms with E-state index >= 15 is 0 Å². The van der Waals surface area contributed by atoms with Gasteiger partial charge in [-0.05, 0) is 64.5 Å². The van der Waals surface area contributed by atoms with Crippen LogP contribution >= 0.6 is 0 Å². The molecule has 2 aliphatic rings. The zero-order valence-electron chi connectivity index (χ0n) is 20.2. The monoisotopic (exact) mass is 498 g/mol. The van der Waals surface area contributed by atoms with Crippen LogP contribution in [-0.2, 0) is 14.3 Å². The van der Waals surface area contributed by atoms with E-state index < -0.39 is 36.3 Å². The van der Waals surface area contributed by atoms with Crippen molar-refractivity contribution in [3.63, 3.8) is 0 Å². The molecule has 1 saturated carbocycles. The van der Waals surface area contributed by atoms with Crippen LogP contribution in [0.15, 0.2) is 29.3 Å². The number of carbonyl (C=O) groups is 2. The van der Waals surface area contributed by atoms with Crippen molar-refractivity contribution in [2.75, 3.05) is 11.9 Å². The second-order valence-electron chi connectivity index (χ2n) is 9.03. The van der Waals surface area contributed by atoms with E-state index in [-0.39, 0.29) is 24.5 Å². The largest absolute Gasteiger partial charge is 0.450 e. The van der Waals surface area contributed by atoms with Crippen molar-refractivity contribution in [3.8, 4) is 0 Å². The minimum Gasteiger partial charge on any atom is -0.450 e. The van der Waals surface area contributed by atoms with Gasteiger partial charge in [-0.15, -0.1) is 0 Å². The molecule has 2 amide bonds. The Labute approximate surface area is 203 Å². The van der Waals surface area contributed by atoms with Gasteiger partial charge in [-0.3, -0.25) is 10.1 Å². The van der Waals surface area contributed by atoms with Gasteiger partial charge in [0.2, 0.25) is 11.9 Å². The standard InChI is InChI=1S/C24H33F3N4O4/c1-4-34-23(33)29-17-11-9-16(10-12-17)28-22(30-19-8-6-5-7-14(19)2)31-21(32)18-13-15(3)35-20(18)24(25,26)27/h5-8,15-18,20H,4,9-13H2,1-3H3,(H,29,33)(H2,28,30,31,32). The quantitative estimate of drug-likeness (QED) is 0.415. The summed E-state index contributed by atoms with van der Waals surface area (Å²) in [5.41, 5.74) is 1.58. The molecule has 194 valence electrons. The lowest BCUT2D eigenvalue weighted by atomic mass is 9.91. The number of alkyl halides is 3. The fourth-order valence-corrected chi connectivity index (χ4v) is 4.45. The van der Waals surface area contributed by atoms with Crippen LogP contribution in [0.2, 0.25) is 0 Å².